The lowest BCUT2D eigenvalue weighted by Gasteiger charge is -2.30. The van der Waals surface area contributed by atoms with Gasteiger partial charge in [0.1, 0.15) is 6.71 Å². The third kappa shape index (κ3) is 7.43. The van der Waals surface area contributed by atoms with Crippen molar-refractivity contribution in [2.24, 2.45) is 0 Å². The van der Waals surface area contributed by atoms with Gasteiger partial charge in [0.15, 0.2) is 0 Å². The lowest BCUT2D eigenvalue weighted by molar-refractivity contribution is 0.826. The highest BCUT2D eigenvalue weighted by Gasteiger charge is 2.30. The molecule has 0 aromatic heterocycles. The van der Waals surface area contributed by atoms with Crippen LogP contribution in [0.25, 0.3) is 0 Å². The SMILES string of the molecule is c1ccc(C(CB(CC(c2ccccc2)c2ccccc2)CC(c2ccccc2)c2ccccc2)c2ccccc2)cc1. The van der Waals surface area contributed by atoms with Crippen LogP contribution in [0.4, 0.5) is 0 Å². The fraction of sp³-hybridized carbons (Fsp3) is 0.143. The molecule has 0 aliphatic heterocycles. The minimum absolute atomic E-state index is 0.326. The van der Waals surface area contributed by atoms with Gasteiger partial charge in [0.05, 0.1) is 0 Å². The Kier molecular flexibility index (Phi) is 9.62. The molecule has 0 N–H and O–H groups in total. The van der Waals surface area contributed by atoms with Gasteiger partial charge in [0.2, 0.25) is 0 Å². The number of benzene rings is 6. The van der Waals surface area contributed by atoms with Crippen LogP contribution in [0, 0.1) is 0 Å². The van der Waals surface area contributed by atoms with E-state index in [1.54, 1.807) is 0 Å². The first kappa shape index (κ1) is 28.5. The number of hydrogen-bond donors (Lipinski definition) is 0. The lowest BCUT2D eigenvalue weighted by Crippen LogP contribution is -2.24. The molecule has 6 aromatic carbocycles. The summed E-state index contributed by atoms with van der Waals surface area (Å²) in [6.45, 7) is 0.459. The first-order valence-corrected chi connectivity index (χ1v) is 15.6. The Morgan fingerprint density at radius 1 is 0.256 bits per heavy atom. The predicted molar refractivity (Wildman–Crippen MR) is 184 cm³/mol. The number of hydrogen-bond acceptors (Lipinski definition) is 0. The molecule has 43 heavy (non-hydrogen) atoms. The summed E-state index contributed by atoms with van der Waals surface area (Å²) >= 11 is 0. The molecule has 0 atom stereocenters. The van der Waals surface area contributed by atoms with Gasteiger partial charge in [-0.05, 0) is 33.4 Å². The smallest absolute Gasteiger partial charge is 0.0630 e. The van der Waals surface area contributed by atoms with Crippen molar-refractivity contribution >= 4 is 6.71 Å². The molecule has 6 aromatic rings. The van der Waals surface area contributed by atoms with E-state index < -0.39 is 0 Å². The van der Waals surface area contributed by atoms with Crippen LogP contribution < -0.4 is 0 Å². The summed E-state index contributed by atoms with van der Waals surface area (Å²) in [4.78, 5) is 0. The van der Waals surface area contributed by atoms with Gasteiger partial charge in [0.25, 0.3) is 0 Å². The Labute approximate surface area is 258 Å². The molecule has 0 fully saturated rings. The molecule has 0 spiro atoms. The van der Waals surface area contributed by atoms with Crippen LogP contribution >= 0.6 is 0 Å². The molecule has 0 amide bonds. The second-order valence-corrected chi connectivity index (χ2v) is 11.7. The van der Waals surface area contributed by atoms with Crippen LogP contribution in [0.2, 0.25) is 19.0 Å². The van der Waals surface area contributed by atoms with E-state index in [-0.39, 0.29) is 0 Å². The van der Waals surface area contributed by atoms with Gasteiger partial charge >= 0.3 is 0 Å². The van der Waals surface area contributed by atoms with Crippen molar-refractivity contribution in [3.8, 4) is 0 Å². The van der Waals surface area contributed by atoms with E-state index in [9.17, 15) is 0 Å². The van der Waals surface area contributed by atoms with Gasteiger partial charge in [-0.1, -0.05) is 201 Å². The zero-order chi connectivity index (χ0) is 29.1. The topological polar surface area (TPSA) is 0 Å². The summed E-state index contributed by atoms with van der Waals surface area (Å²) in [5.41, 5.74) is 8.36. The second kappa shape index (κ2) is 14.5. The van der Waals surface area contributed by atoms with Gasteiger partial charge in [-0.25, -0.2) is 0 Å². The van der Waals surface area contributed by atoms with Gasteiger partial charge in [-0.2, -0.15) is 0 Å². The summed E-state index contributed by atoms with van der Waals surface area (Å²) in [6, 6.07) is 66.8. The predicted octanol–water partition coefficient (Wildman–Crippen LogP) is 11.0. The van der Waals surface area contributed by atoms with Crippen molar-refractivity contribution in [2.75, 3.05) is 0 Å². The zero-order valence-electron chi connectivity index (χ0n) is 24.8. The molecule has 210 valence electrons. The van der Waals surface area contributed by atoms with E-state index >= 15 is 0 Å². The van der Waals surface area contributed by atoms with Crippen LogP contribution in [-0.4, -0.2) is 6.71 Å². The van der Waals surface area contributed by atoms with E-state index in [0.29, 0.717) is 24.5 Å². The molecular formula is C42H39B. The fourth-order valence-corrected chi connectivity index (χ4v) is 6.79. The third-order valence-electron chi connectivity index (χ3n) is 8.92. The summed E-state index contributed by atoms with van der Waals surface area (Å²) in [5.74, 6) is 0.977. The summed E-state index contributed by atoms with van der Waals surface area (Å²) in [7, 11) is 0. The Bertz CT molecular complexity index is 1300. The van der Waals surface area contributed by atoms with Crippen molar-refractivity contribution < 1.29 is 0 Å². The average Bonchev–Trinajstić information content (AvgIpc) is 3.10. The zero-order valence-corrected chi connectivity index (χ0v) is 24.8. The van der Waals surface area contributed by atoms with E-state index in [2.05, 4.69) is 182 Å². The maximum absolute atomic E-state index is 2.31. The van der Waals surface area contributed by atoms with Crippen LogP contribution in [0.15, 0.2) is 182 Å². The molecule has 1 heteroatoms. The molecule has 0 nitrogen and oxygen atoms in total. The van der Waals surface area contributed by atoms with Crippen LogP contribution in [0.1, 0.15) is 51.1 Å². The highest BCUT2D eigenvalue weighted by molar-refractivity contribution is 6.59. The van der Waals surface area contributed by atoms with Gasteiger partial charge < -0.3 is 0 Å². The van der Waals surface area contributed by atoms with Gasteiger partial charge in [-0.3, -0.25) is 0 Å². The van der Waals surface area contributed by atoms with E-state index in [4.69, 9.17) is 0 Å². The Morgan fingerprint density at radius 2 is 0.419 bits per heavy atom. The van der Waals surface area contributed by atoms with Crippen molar-refractivity contribution in [1.29, 1.82) is 0 Å². The largest absolute Gasteiger partial charge is 0.142 e. The first-order chi connectivity index (χ1) is 21.3. The fourth-order valence-electron chi connectivity index (χ4n) is 6.79. The average molecular weight is 555 g/mol. The normalized spacial score (nSPS) is 11.2. The van der Waals surface area contributed by atoms with Crippen molar-refractivity contribution in [3.05, 3.63) is 215 Å². The minimum Gasteiger partial charge on any atom is -0.0630 e. The van der Waals surface area contributed by atoms with Crippen molar-refractivity contribution in [3.63, 3.8) is 0 Å². The molecule has 0 radical (unpaired) electrons. The maximum atomic E-state index is 2.31. The van der Waals surface area contributed by atoms with Crippen molar-refractivity contribution in [2.45, 2.75) is 36.7 Å². The molecule has 0 unspecified atom stereocenters. The Morgan fingerprint density at radius 3 is 0.581 bits per heavy atom. The molecular weight excluding hydrogens is 515 g/mol. The summed E-state index contributed by atoms with van der Waals surface area (Å²) in [6.07, 6.45) is 3.25. The van der Waals surface area contributed by atoms with Crippen molar-refractivity contribution in [1.82, 2.24) is 0 Å². The Hall–Kier alpha value is -4.62. The molecule has 0 aliphatic rings. The van der Waals surface area contributed by atoms with E-state index in [0.717, 1.165) is 19.0 Å². The quantitative estimate of drug-likeness (QED) is 0.132. The molecule has 0 bridgehead atoms. The molecule has 0 saturated heterocycles. The maximum Gasteiger partial charge on any atom is 0.142 e. The molecule has 0 aliphatic carbocycles. The first-order valence-electron chi connectivity index (χ1n) is 15.6. The highest BCUT2D eigenvalue weighted by atomic mass is 14.2. The summed E-state index contributed by atoms with van der Waals surface area (Å²) < 4.78 is 0. The van der Waals surface area contributed by atoms with E-state index in [1.165, 1.54) is 33.4 Å². The third-order valence-corrected chi connectivity index (χ3v) is 8.92. The van der Waals surface area contributed by atoms with Gasteiger partial charge in [0, 0.05) is 17.8 Å². The van der Waals surface area contributed by atoms with Crippen LogP contribution in [0.3, 0.4) is 0 Å². The van der Waals surface area contributed by atoms with E-state index in [1.807, 2.05) is 0 Å². The molecule has 0 heterocycles. The second-order valence-electron chi connectivity index (χ2n) is 11.7. The molecule has 0 saturated carbocycles. The monoisotopic (exact) mass is 554 g/mol. The molecule has 6 rings (SSSR count). The lowest BCUT2D eigenvalue weighted by atomic mass is 9.36. The highest BCUT2D eigenvalue weighted by Crippen LogP contribution is 2.40. The number of rotatable bonds is 12. The standard InChI is InChI=1S/C42H39B/c1-7-19-34(20-8-1)40(35-21-9-2-10-22-35)31-43(32-41(36-23-11-3-12-24-36)37-25-13-4-14-26-37)33-42(38-27-15-5-16-28-38)39-29-17-6-18-30-39/h1-30,40-42H,31-33H2. The van der Waals surface area contributed by atoms with Crippen LogP contribution in [0.5, 0.6) is 0 Å². The minimum atomic E-state index is 0.326. The Balaban J connectivity index is 1.43. The summed E-state index contributed by atoms with van der Waals surface area (Å²) in [5, 5.41) is 0. The van der Waals surface area contributed by atoms with Crippen LogP contribution in [-0.2, 0) is 0 Å². The van der Waals surface area contributed by atoms with Gasteiger partial charge in [-0.15, -0.1) is 0 Å².